The topological polar surface area (TPSA) is 76.0 Å². The van der Waals surface area contributed by atoms with E-state index in [0.29, 0.717) is 12.6 Å². The number of rotatable bonds is 4. The van der Waals surface area contributed by atoms with E-state index in [1.165, 1.54) is 0 Å². The molecule has 0 bridgehead atoms. The van der Waals surface area contributed by atoms with Crippen molar-refractivity contribution in [3.05, 3.63) is 48.0 Å². The van der Waals surface area contributed by atoms with Gasteiger partial charge in [0.25, 0.3) is 0 Å². The van der Waals surface area contributed by atoms with Crippen molar-refractivity contribution >= 4 is 17.5 Å². The Morgan fingerprint density at radius 1 is 1.40 bits per heavy atom. The van der Waals surface area contributed by atoms with E-state index in [-0.39, 0.29) is 17.7 Å². The van der Waals surface area contributed by atoms with Crippen LogP contribution in [0.25, 0.3) is 0 Å². The fourth-order valence-electron chi connectivity index (χ4n) is 3.59. The first-order valence-electron chi connectivity index (χ1n) is 8.65. The van der Waals surface area contributed by atoms with Crippen molar-refractivity contribution in [1.29, 1.82) is 0 Å². The molecule has 2 heterocycles. The maximum atomic E-state index is 12.3. The van der Waals surface area contributed by atoms with Crippen molar-refractivity contribution in [1.82, 2.24) is 14.9 Å². The standard InChI is InChI=1S/C19H22N4O2/c1-19(2)15-7-12(3-4-16(15)22-18(19)25)10-21-17(24)13-8-14(9-13)23-6-5-20-11-23/h3-7,11,13-14H,8-10H2,1-2H3,(H,21,24)(H,22,25). The number of carbonyl (C=O) groups excluding carboxylic acids is 2. The lowest BCUT2D eigenvalue weighted by Crippen LogP contribution is -2.39. The van der Waals surface area contributed by atoms with Crippen LogP contribution in [0.5, 0.6) is 0 Å². The second kappa shape index (κ2) is 5.72. The molecule has 0 radical (unpaired) electrons. The van der Waals surface area contributed by atoms with Crippen LogP contribution in [-0.2, 0) is 21.5 Å². The van der Waals surface area contributed by atoms with Crippen molar-refractivity contribution < 1.29 is 9.59 Å². The van der Waals surface area contributed by atoms with E-state index in [1.54, 1.807) is 12.5 Å². The van der Waals surface area contributed by atoms with Crippen LogP contribution in [-0.4, -0.2) is 21.4 Å². The van der Waals surface area contributed by atoms with Gasteiger partial charge in [0.2, 0.25) is 11.8 Å². The van der Waals surface area contributed by atoms with Crippen LogP contribution >= 0.6 is 0 Å². The van der Waals surface area contributed by atoms with E-state index < -0.39 is 5.41 Å². The molecule has 0 spiro atoms. The molecule has 1 fully saturated rings. The van der Waals surface area contributed by atoms with E-state index in [9.17, 15) is 9.59 Å². The number of benzene rings is 1. The maximum absolute atomic E-state index is 12.3. The molecule has 130 valence electrons. The first-order chi connectivity index (χ1) is 11.9. The van der Waals surface area contributed by atoms with Crippen LogP contribution in [0.4, 0.5) is 5.69 Å². The Hall–Kier alpha value is -2.63. The van der Waals surface area contributed by atoms with E-state index in [2.05, 4.69) is 20.2 Å². The first kappa shape index (κ1) is 15.9. The summed E-state index contributed by atoms with van der Waals surface area (Å²) in [6.07, 6.45) is 7.23. The second-order valence-corrected chi connectivity index (χ2v) is 7.51. The minimum Gasteiger partial charge on any atom is -0.352 e. The fourth-order valence-corrected chi connectivity index (χ4v) is 3.59. The van der Waals surface area contributed by atoms with Crippen LogP contribution in [0.15, 0.2) is 36.9 Å². The lowest BCUT2D eigenvalue weighted by atomic mass is 9.79. The minimum absolute atomic E-state index is 0.0173. The van der Waals surface area contributed by atoms with Gasteiger partial charge in [-0.2, -0.15) is 0 Å². The molecule has 1 saturated carbocycles. The summed E-state index contributed by atoms with van der Waals surface area (Å²) >= 11 is 0. The zero-order valence-corrected chi connectivity index (χ0v) is 14.5. The number of nitrogens with zero attached hydrogens (tertiary/aromatic N) is 2. The first-order valence-corrected chi connectivity index (χ1v) is 8.65. The molecular weight excluding hydrogens is 316 g/mol. The molecule has 0 saturated heterocycles. The average Bonchev–Trinajstić information content (AvgIpc) is 3.12. The molecule has 6 nitrogen and oxygen atoms in total. The van der Waals surface area contributed by atoms with Crippen molar-refractivity contribution in [2.24, 2.45) is 5.92 Å². The van der Waals surface area contributed by atoms with E-state index in [4.69, 9.17) is 0 Å². The van der Waals surface area contributed by atoms with Gasteiger partial charge in [-0.1, -0.05) is 12.1 Å². The third-order valence-corrected chi connectivity index (χ3v) is 5.47. The van der Waals surface area contributed by atoms with Crippen molar-refractivity contribution in [2.45, 2.75) is 44.7 Å². The van der Waals surface area contributed by atoms with Gasteiger partial charge in [0, 0.05) is 36.6 Å². The summed E-state index contributed by atoms with van der Waals surface area (Å²) in [5, 5.41) is 5.93. The van der Waals surface area contributed by atoms with Gasteiger partial charge in [-0.15, -0.1) is 0 Å². The highest BCUT2D eigenvalue weighted by Crippen LogP contribution is 2.39. The van der Waals surface area contributed by atoms with Crippen molar-refractivity contribution in [3.8, 4) is 0 Å². The van der Waals surface area contributed by atoms with Crippen molar-refractivity contribution in [3.63, 3.8) is 0 Å². The summed E-state index contributed by atoms with van der Waals surface area (Å²) in [4.78, 5) is 28.4. The van der Waals surface area contributed by atoms with E-state index in [1.807, 2.05) is 38.2 Å². The Kier molecular flexibility index (Phi) is 3.63. The SMILES string of the molecule is CC1(C)C(=O)Nc2ccc(CNC(=O)C3CC(n4ccnc4)C3)cc21. The fraction of sp³-hybridized carbons (Fsp3) is 0.421. The van der Waals surface area contributed by atoms with Gasteiger partial charge < -0.3 is 15.2 Å². The molecule has 1 aromatic heterocycles. The summed E-state index contributed by atoms with van der Waals surface area (Å²) in [6, 6.07) is 6.27. The number of anilines is 1. The van der Waals surface area contributed by atoms with E-state index >= 15 is 0 Å². The highest BCUT2D eigenvalue weighted by Gasteiger charge is 2.38. The number of hydrogen-bond donors (Lipinski definition) is 2. The van der Waals surface area contributed by atoms with Crippen molar-refractivity contribution in [2.75, 3.05) is 5.32 Å². The van der Waals surface area contributed by atoms with Crippen LogP contribution < -0.4 is 10.6 Å². The monoisotopic (exact) mass is 338 g/mol. The third-order valence-electron chi connectivity index (χ3n) is 5.47. The minimum atomic E-state index is -0.526. The zero-order chi connectivity index (χ0) is 17.6. The number of amides is 2. The number of aromatic nitrogens is 2. The smallest absolute Gasteiger partial charge is 0.234 e. The average molecular weight is 338 g/mol. The summed E-state index contributed by atoms with van der Waals surface area (Å²) in [5.74, 6) is 0.190. The largest absolute Gasteiger partial charge is 0.352 e. The molecular formula is C19H22N4O2. The summed E-state index contributed by atoms with van der Waals surface area (Å²) in [6.45, 7) is 4.32. The Morgan fingerprint density at radius 2 is 2.20 bits per heavy atom. The van der Waals surface area contributed by atoms with Gasteiger partial charge in [0.05, 0.1) is 11.7 Å². The van der Waals surface area contributed by atoms with Gasteiger partial charge in [0.1, 0.15) is 0 Å². The molecule has 4 rings (SSSR count). The van der Waals surface area contributed by atoms with Gasteiger partial charge in [-0.3, -0.25) is 9.59 Å². The molecule has 1 aromatic carbocycles. The maximum Gasteiger partial charge on any atom is 0.234 e. The van der Waals surface area contributed by atoms with Gasteiger partial charge in [-0.25, -0.2) is 4.98 Å². The lowest BCUT2D eigenvalue weighted by molar-refractivity contribution is -0.129. The molecule has 1 aliphatic heterocycles. The molecule has 6 heteroatoms. The Bertz CT molecular complexity index is 820. The van der Waals surface area contributed by atoms with Crippen LogP contribution in [0.2, 0.25) is 0 Å². The quantitative estimate of drug-likeness (QED) is 0.899. The number of hydrogen-bond acceptors (Lipinski definition) is 3. The number of imidazole rings is 1. The Morgan fingerprint density at radius 3 is 2.92 bits per heavy atom. The van der Waals surface area contributed by atoms with Gasteiger partial charge in [-0.05, 0) is 43.9 Å². The van der Waals surface area contributed by atoms with E-state index in [0.717, 1.165) is 29.7 Å². The van der Waals surface area contributed by atoms with Gasteiger partial charge >= 0.3 is 0 Å². The number of fused-ring (bicyclic) bond motifs is 1. The Labute approximate surface area is 146 Å². The molecule has 0 atom stereocenters. The lowest BCUT2D eigenvalue weighted by Gasteiger charge is -2.35. The molecule has 2 N–H and O–H groups in total. The summed E-state index contributed by atoms with van der Waals surface area (Å²) in [7, 11) is 0. The van der Waals surface area contributed by atoms with Crippen LogP contribution in [0.3, 0.4) is 0 Å². The second-order valence-electron chi connectivity index (χ2n) is 7.51. The molecule has 25 heavy (non-hydrogen) atoms. The van der Waals surface area contributed by atoms with Crippen LogP contribution in [0.1, 0.15) is 43.9 Å². The summed E-state index contributed by atoms with van der Waals surface area (Å²) < 4.78 is 2.07. The number of carbonyl (C=O) groups is 2. The molecule has 1 aliphatic carbocycles. The molecule has 2 amide bonds. The van der Waals surface area contributed by atoms with Gasteiger partial charge in [0.15, 0.2) is 0 Å². The van der Waals surface area contributed by atoms with Crippen LogP contribution in [0, 0.1) is 5.92 Å². The Balaban J connectivity index is 1.34. The summed E-state index contributed by atoms with van der Waals surface area (Å²) in [5.41, 5.74) is 2.35. The highest BCUT2D eigenvalue weighted by molar-refractivity contribution is 6.05. The highest BCUT2D eigenvalue weighted by atomic mass is 16.2. The predicted molar refractivity (Wildman–Crippen MR) is 93.9 cm³/mol. The zero-order valence-electron chi connectivity index (χ0n) is 14.5. The number of nitrogens with one attached hydrogen (secondary N) is 2. The molecule has 0 unspecified atom stereocenters. The normalized spacial score (nSPS) is 23.5. The predicted octanol–water partition coefficient (Wildman–Crippen LogP) is 2.38. The molecule has 2 aliphatic rings. The third kappa shape index (κ3) is 2.71. The molecule has 2 aromatic rings.